The van der Waals surface area contributed by atoms with Crippen LogP contribution in [0.3, 0.4) is 0 Å². The van der Waals surface area contributed by atoms with Gasteiger partial charge in [-0.25, -0.2) is 4.79 Å². The monoisotopic (exact) mass is 268 g/mol. The van der Waals surface area contributed by atoms with Gasteiger partial charge in [0.15, 0.2) is 0 Å². The fourth-order valence-electron chi connectivity index (χ4n) is 3.40. The number of ether oxygens (including phenoxy) is 1. The summed E-state index contributed by atoms with van der Waals surface area (Å²) in [5.41, 5.74) is -0.396. The minimum Gasteiger partial charge on any atom is -0.444 e. The molecular formula is C15H28N2O2. The number of carbonyl (C=O) groups excluding carboxylic acids is 1. The van der Waals surface area contributed by atoms with Crippen molar-refractivity contribution in [3.05, 3.63) is 0 Å². The largest absolute Gasteiger partial charge is 0.444 e. The van der Waals surface area contributed by atoms with Gasteiger partial charge >= 0.3 is 6.09 Å². The first-order valence-corrected chi connectivity index (χ1v) is 7.55. The number of piperidine rings is 1. The number of amides is 1. The smallest absolute Gasteiger partial charge is 0.410 e. The Morgan fingerprint density at radius 3 is 2.58 bits per heavy atom. The quantitative estimate of drug-likeness (QED) is 0.794. The molecule has 110 valence electrons. The Hall–Kier alpha value is -0.770. The van der Waals surface area contributed by atoms with Gasteiger partial charge in [-0.05, 0) is 64.5 Å². The van der Waals surface area contributed by atoms with Gasteiger partial charge in [0.2, 0.25) is 0 Å². The standard InChI is InChI=1S/C15H28N2O2/c1-11-10-17(14(18)19-15(2,3)4)8-6-13(11)12-5-7-16-9-12/h11-13,16H,5-10H2,1-4H3. The molecule has 0 spiro atoms. The van der Waals surface area contributed by atoms with Gasteiger partial charge in [-0.15, -0.1) is 0 Å². The number of rotatable bonds is 1. The second-order valence-electron chi connectivity index (χ2n) is 7.11. The first-order chi connectivity index (χ1) is 8.87. The Morgan fingerprint density at radius 2 is 2.05 bits per heavy atom. The normalized spacial score (nSPS) is 32.4. The number of hydrogen-bond acceptors (Lipinski definition) is 3. The van der Waals surface area contributed by atoms with E-state index in [1.54, 1.807) is 0 Å². The molecule has 0 bridgehead atoms. The minimum absolute atomic E-state index is 0.151. The molecule has 2 aliphatic rings. The molecule has 2 aliphatic heterocycles. The third-order valence-corrected chi connectivity index (χ3v) is 4.33. The first kappa shape index (κ1) is 14.6. The molecule has 3 unspecified atom stereocenters. The maximum atomic E-state index is 12.1. The fourth-order valence-corrected chi connectivity index (χ4v) is 3.40. The Labute approximate surface area is 116 Å². The average molecular weight is 268 g/mol. The summed E-state index contributed by atoms with van der Waals surface area (Å²) in [6.45, 7) is 12.0. The van der Waals surface area contributed by atoms with E-state index in [-0.39, 0.29) is 6.09 Å². The summed E-state index contributed by atoms with van der Waals surface area (Å²) in [6.07, 6.45) is 2.26. The summed E-state index contributed by atoms with van der Waals surface area (Å²) in [5.74, 6) is 2.13. The number of nitrogens with one attached hydrogen (secondary N) is 1. The molecule has 2 saturated heterocycles. The van der Waals surface area contributed by atoms with Crippen LogP contribution in [0, 0.1) is 17.8 Å². The fraction of sp³-hybridized carbons (Fsp3) is 0.933. The van der Waals surface area contributed by atoms with Crippen LogP contribution in [0.25, 0.3) is 0 Å². The van der Waals surface area contributed by atoms with Crippen molar-refractivity contribution in [2.75, 3.05) is 26.2 Å². The van der Waals surface area contributed by atoms with Gasteiger partial charge in [0.1, 0.15) is 5.60 Å². The van der Waals surface area contributed by atoms with Crippen molar-refractivity contribution in [2.45, 2.75) is 46.1 Å². The predicted molar refractivity (Wildman–Crippen MR) is 76.1 cm³/mol. The summed E-state index contributed by atoms with van der Waals surface area (Å²) >= 11 is 0. The van der Waals surface area contributed by atoms with E-state index in [0.717, 1.165) is 44.4 Å². The van der Waals surface area contributed by atoms with Gasteiger partial charge in [-0.3, -0.25) is 0 Å². The molecule has 0 radical (unpaired) electrons. The van der Waals surface area contributed by atoms with Crippen LogP contribution in [0.4, 0.5) is 4.79 Å². The Kier molecular flexibility index (Phi) is 4.39. The Bertz CT molecular complexity index is 319. The molecule has 19 heavy (non-hydrogen) atoms. The lowest BCUT2D eigenvalue weighted by molar-refractivity contribution is 0.00762. The van der Waals surface area contributed by atoms with Gasteiger partial charge in [0, 0.05) is 13.1 Å². The third-order valence-electron chi connectivity index (χ3n) is 4.33. The van der Waals surface area contributed by atoms with E-state index in [1.165, 1.54) is 6.42 Å². The zero-order valence-corrected chi connectivity index (χ0v) is 12.7. The van der Waals surface area contributed by atoms with Crippen LogP contribution in [-0.4, -0.2) is 42.8 Å². The van der Waals surface area contributed by atoms with Crippen molar-refractivity contribution in [1.82, 2.24) is 10.2 Å². The second kappa shape index (κ2) is 5.70. The highest BCUT2D eigenvalue weighted by atomic mass is 16.6. The molecule has 3 atom stereocenters. The molecule has 4 heteroatoms. The van der Waals surface area contributed by atoms with E-state index in [9.17, 15) is 4.79 Å². The summed E-state index contributed by atoms with van der Waals surface area (Å²) < 4.78 is 5.46. The highest BCUT2D eigenvalue weighted by Gasteiger charge is 2.35. The molecule has 0 aromatic carbocycles. The second-order valence-corrected chi connectivity index (χ2v) is 7.11. The molecule has 0 saturated carbocycles. The highest BCUT2D eigenvalue weighted by molar-refractivity contribution is 5.68. The van der Waals surface area contributed by atoms with Crippen LogP contribution in [0.2, 0.25) is 0 Å². The zero-order chi connectivity index (χ0) is 14.0. The van der Waals surface area contributed by atoms with Gasteiger partial charge < -0.3 is 15.0 Å². The topological polar surface area (TPSA) is 41.6 Å². The van der Waals surface area contributed by atoms with Crippen LogP contribution in [-0.2, 0) is 4.74 Å². The third kappa shape index (κ3) is 3.85. The first-order valence-electron chi connectivity index (χ1n) is 7.55. The van der Waals surface area contributed by atoms with Crippen LogP contribution >= 0.6 is 0 Å². The SMILES string of the molecule is CC1CN(C(=O)OC(C)(C)C)CCC1C1CCNC1. The lowest BCUT2D eigenvalue weighted by Crippen LogP contribution is -2.46. The van der Waals surface area contributed by atoms with Crippen molar-refractivity contribution >= 4 is 6.09 Å². The van der Waals surface area contributed by atoms with Gasteiger partial charge in [0.25, 0.3) is 0 Å². The van der Waals surface area contributed by atoms with E-state index in [2.05, 4.69) is 12.2 Å². The molecular weight excluding hydrogens is 240 g/mol. The molecule has 0 aromatic heterocycles. The number of hydrogen-bond donors (Lipinski definition) is 1. The van der Waals surface area contributed by atoms with E-state index >= 15 is 0 Å². The minimum atomic E-state index is -0.396. The lowest BCUT2D eigenvalue weighted by atomic mass is 9.77. The van der Waals surface area contributed by atoms with Crippen molar-refractivity contribution < 1.29 is 9.53 Å². The maximum Gasteiger partial charge on any atom is 0.410 e. The zero-order valence-electron chi connectivity index (χ0n) is 12.7. The molecule has 1 N–H and O–H groups in total. The lowest BCUT2D eigenvalue weighted by Gasteiger charge is -2.39. The molecule has 4 nitrogen and oxygen atoms in total. The van der Waals surface area contributed by atoms with Crippen molar-refractivity contribution in [2.24, 2.45) is 17.8 Å². The van der Waals surface area contributed by atoms with Gasteiger partial charge in [0.05, 0.1) is 0 Å². The van der Waals surface area contributed by atoms with Crippen LogP contribution in [0.5, 0.6) is 0 Å². The molecule has 2 fully saturated rings. The van der Waals surface area contributed by atoms with Crippen LogP contribution < -0.4 is 5.32 Å². The summed E-state index contributed by atoms with van der Waals surface area (Å²) in [6, 6.07) is 0. The van der Waals surface area contributed by atoms with E-state index in [4.69, 9.17) is 4.74 Å². The molecule has 2 rings (SSSR count). The molecule has 2 heterocycles. The Balaban J connectivity index is 1.87. The number of likely N-dealkylation sites (tertiary alicyclic amines) is 1. The van der Waals surface area contributed by atoms with Crippen molar-refractivity contribution in [3.8, 4) is 0 Å². The molecule has 1 amide bonds. The summed E-state index contributed by atoms with van der Waals surface area (Å²) in [7, 11) is 0. The van der Waals surface area contributed by atoms with Crippen LogP contribution in [0.1, 0.15) is 40.5 Å². The Morgan fingerprint density at radius 1 is 1.32 bits per heavy atom. The number of carbonyl (C=O) groups is 1. The highest BCUT2D eigenvalue weighted by Crippen LogP contribution is 2.33. The molecule has 0 aliphatic carbocycles. The average Bonchev–Trinajstić information content (AvgIpc) is 2.79. The van der Waals surface area contributed by atoms with E-state index in [0.29, 0.717) is 5.92 Å². The van der Waals surface area contributed by atoms with Crippen molar-refractivity contribution in [1.29, 1.82) is 0 Å². The summed E-state index contributed by atoms with van der Waals surface area (Å²) in [4.78, 5) is 14.0. The predicted octanol–water partition coefficient (Wildman–Crippen LogP) is 2.49. The maximum absolute atomic E-state index is 12.1. The van der Waals surface area contributed by atoms with Crippen LogP contribution in [0.15, 0.2) is 0 Å². The number of nitrogens with zero attached hydrogens (tertiary/aromatic N) is 1. The van der Waals surface area contributed by atoms with E-state index in [1.807, 2.05) is 25.7 Å². The van der Waals surface area contributed by atoms with Gasteiger partial charge in [-0.1, -0.05) is 6.92 Å². The summed E-state index contributed by atoms with van der Waals surface area (Å²) in [5, 5.41) is 3.45. The van der Waals surface area contributed by atoms with Gasteiger partial charge in [-0.2, -0.15) is 0 Å². The van der Waals surface area contributed by atoms with Crippen molar-refractivity contribution in [3.63, 3.8) is 0 Å². The molecule has 0 aromatic rings. The van der Waals surface area contributed by atoms with E-state index < -0.39 is 5.60 Å².